The Hall–Kier alpha value is -1.36. The van der Waals surface area contributed by atoms with Crippen molar-refractivity contribution < 1.29 is 4.79 Å². The first kappa shape index (κ1) is 17.0. The lowest BCUT2D eigenvalue weighted by molar-refractivity contribution is 0.181. The topological polar surface area (TPSA) is 35.6 Å². The molecular formula is C17H27N3OS. The molecule has 1 aromatic carbocycles. The van der Waals surface area contributed by atoms with Crippen molar-refractivity contribution in [2.24, 2.45) is 0 Å². The van der Waals surface area contributed by atoms with Crippen LogP contribution in [0.1, 0.15) is 19.3 Å². The summed E-state index contributed by atoms with van der Waals surface area (Å²) in [5, 5.41) is 3.02. The van der Waals surface area contributed by atoms with Gasteiger partial charge in [-0.05, 0) is 43.4 Å². The molecule has 0 spiro atoms. The molecule has 22 heavy (non-hydrogen) atoms. The number of hydrogen-bond acceptors (Lipinski definition) is 3. The monoisotopic (exact) mass is 321 g/mol. The molecule has 0 unspecified atom stereocenters. The van der Waals surface area contributed by atoms with Crippen LogP contribution in [0.25, 0.3) is 0 Å². The van der Waals surface area contributed by atoms with E-state index in [-0.39, 0.29) is 6.03 Å². The van der Waals surface area contributed by atoms with E-state index in [2.05, 4.69) is 47.8 Å². The highest BCUT2D eigenvalue weighted by atomic mass is 32.2. The van der Waals surface area contributed by atoms with E-state index in [0.717, 1.165) is 44.6 Å². The second-order valence-corrected chi connectivity index (χ2v) is 6.73. The van der Waals surface area contributed by atoms with Crippen molar-refractivity contribution >= 4 is 23.5 Å². The zero-order valence-electron chi connectivity index (χ0n) is 13.6. The van der Waals surface area contributed by atoms with Gasteiger partial charge in [0.2, 0.25) is 0 Å². The minimum Gasteiger partial charge on any atom is -0.371 e. The average molecular weight is 321 g/mol. The normalized spacial score (nSPS) is 15.6. The standard InChI is InChI=1S/C17H27N3OS/c1-19(15-7-4-3-5-8-15)16-9-12-20(13-10-16)17(21)18-11-6-14-22-2/h3-5,7-8,16H,6,9-14H2,1-2H3,(H,18,21). The van der Waals surface area contributed by atoms with Gasteiger partial charge in [0, 0.05) is 38.4 Å². The van der Waals surface area contributed by atoms with Crippen LogP contribution in [0.3, 0.4) is 0 Å². The van der Waals surface area contributed by atoms with Crippen molar-refractivity contribution in [3.05, 3.63) is 30.3 Å². The van der Waals surface area contributed by atoms with Crippen molar-refractivity contribution in [3.63, 3.8) is 0 Å². The van der Waals surface area contributed by atoms with Gasteiger partial charge >= 0.3 is 6.03 Å². The Labute approximate surface area is 138 Å². The zero-order chi connectivity index (χ0) is 15.8. The number of nitrogens with one attached hydrogen (secondary N) is 1. The van der Waals surface area contributed by atoms with Crippen LogP contribution in [0.15, 0.2) is 30.3 Å². The van der Waals surface area contributed by atoms with E-state index >= 15 is 0 Å². The maximum Gasteiger partial charge on any atom is 0.317 e. The number of urea groups is 1. The number of hydrogen-bond donors (Lipinski definition) is 1. The van der Waals surface area contributed by atoms with Crippen LogP contribution in [0.4, 0.5) is 10.5 Å². The molecule has 5 heteroatoms. The van der Waals surface area contributed by atoms with Crippen LogP contribution >= 0.6 is 11.8 Å². The number of amides is 2. The van der Waals surface area contributed by atoms with Gasteiger partial charge in [0.15, 0.2) is 0 Å². The summed E-state index contributed by atoms with van der Waals surface area (Å²) in [6.45, 7) is 2.47. The molecule has 0 atom stereocenters. The molecule has 1 fully saturated rings. The molecule has 0 radical (unpaired) electrons. The number of thioether (sulfide) groups is 1. The minimum absolute atomic E-state index is 0.0990. The van der Waals surface area contributed by atoms with Crippen molar-refractivity contribution in [2.75, 3.05) is 43.6 Å². The predicted octanol–water partition coefficient (Wildman–Crippen LogP) is 3.05. The molecule has 1 saturated heterocycles. The van der Waals surface area contributed by atoms with Crippen molar-refractivity contribution in [1.82, 2.24) is 10.2 Å². The maximum atomic E-state index is 12.1. The Morgan fingerprint density at radius 2 is 2.00 bits per heavy atom. The molecule has 0 aliphatic carbocycles. The molecule has 0 saturated carbocycles. The first-order chi connectivity index (χ1) is 10.7. The van der Waals surface area contributed by atoms with Gasteiger partial charge in [0.05, 0.1) is 0 Å². The SMILES string of the molecule is CSCCCNC(=O)N1CCC(N(C)c2ccccc2)CC1. The van der Waals surface area contributed by atoms with Gasteiger partial charge in [0.1, 0.15) is 0 Å². The molecule has 0 bridgehead atoms. The maximum absolute atomic E-state index is 12.1. The van der Waals surface area contributed by atoms with Crippen LogP contribution < -0.4 is 10.2 Å². The van der Waals surface area contributed by atoms with Gasteiger partial charge in [-0.3, -0.25) is 0 Å². The summed E-state index contributed by atoms with van der Waals surface area (Å²) in [4.78, 5) is 16.4. The van der Waals surface area contributed by atoms with E-state index in [1.54, 1.807) is 0 Å². The van der Waals surface area contributed by atoms with Gasteiger partial charge in [0.25, 0.3) is 0 Å². The second-order valence-electron chi connectivity index (χ2n) is 5.74. The Morgan fingerprint density at radius 1 is 1.32 bits per heavy atom. The summed E-state index contributed by atoms with van der Waals surface area (Å²) in [6, 6.07) is 11.1. The fourth-order valence-electron chi connectivity index (χ4n) is 2.85. The lowest BCUT2D eigenvalue weighted by Crippen LogP contribution is -2.49. The number of anilines is 1. The number of likely N-dealkylation sites (tertiary alicyclic amines) is 1. The van der Waals surface area contributed by atoms with Crippen LogP contribution in [0.5, 0.6) is 0 Å². The van der Waals surface area contributed by atoms with Gasteiger partial charge in [-0.1, -0.05) is 18.2 Å². The van der Waals surface area contributed by atoms with Gasteiger partial charge in [-0.15, -0.1) is 0 Å². The predicted molar refractivity (Wildman–Crippen MR) is 95.8 cm³/mol. The average Bonchev–Trinajstić information content (AvgIpc) is 2.59. The number of benzene rings is 1. The summed E-state index contributed by atoms with van der Waals surface area (Å²) in [5.41, 5.74) is 1.25. The summed E-state index contributed by atoms with van der Waals surface area (Å²) in [5.74, 6) is 1.10. The lowest BCUT2D eigenvalue weighted by atomic mass is 10.0. The molecule has 122 valence electrons. The Kier molecular flexibility index (Phi) is 6.90. The molecule has 1 aromatic rings. The first-order valence-corrected chi connectivity index (χ1v) is 9.41. The number of rotatable bonds is 6. The first-order valence-electron chi connectivity index (χ1n) is 8.02. The third-order valence-electron chi connectivity index (χ3n) is 4.26. The van der Waals surface area contributed by atoms with Crippen LogP contribution in [0, 0.1) is 0 Å². The Bertz CT molecular complexity index is 446. The molecule has 1 aliphatic heterocycles. The van der Waals surface area contributed by atoms with Gasteiger partial charge < -0.3 is 15.1 Å². The highest BCUT2D eigenvalue weighted by Crippen LogP contribution is 2.21. The Morgan fingerprint density at radius 3 is 2.64 bits per heavy atom. The van der Waals surface area contributed by atoms with E-state index in [0.29, 0.717) is 6.04 Å². The molecule has 2 rings (SSSR count). The van der Waals surface area contributed by atoms with E-state index in [4.69, 9.17) is 0 Å². The third kappa shape index (κ3) is 4.83. The van der Waals surface area contributed by atoms with Crippen LogP contribution in [0.2, 0.25) is 0 Å². The summed E-state index contributed by atoms with van der Waals surface area (Å²) in [6.07, 6.45) is 5.20. The van der Waals surface area contributed by atoms with E-state index < -0.39 is 0 Å². The molecule has 2 amide bonds. The molecule has 1 heterocycles. The quantitative estimate of drug-likeness (QED) is 0.818. The fraction of sp³-hybridized carbons (Fsp3) is 0.588. The van der Waals surface area contributed by atoms with E-state index in [1.165, 1.54) is 5.69 Å². The molecule has 1 N–H and O–H groups in total. The minimum atomic E-state index is 0.0990. The summed E-state index contributed by atoms with van der Waals surface area (Å²) >= 11 is 1.82. The molecular weight excluding hydrogens is 294 g/mol. The van der Waals surface area contributed by atoms with Crippen LogP contribution in [-0.2, 0) is 0 Å². The van der Waals surface area contributed by atoms with Crippen molar-refractivity contribution in [1.29, 1.82) is 0 Å². The number of carbonyl (C=O) groups is 1. The van der Waals surface area contributed by atoms with Crippen LogP contribution in [-0.4, -0.2) is 55.7 Å². The summed E-state index contributed by atoms with van der Waals surface area (Å²) < 4.78 is 0. The molecule has 0 aromatic heterocycles. The third-order valence-corrected chi connectivity index (χ3v) is 4.96. The fourth-order valence-corrected chi connectivity index (χ4v) is 3.29. The lowest BCUT2D eigenvalue weighted by Gasteiger charge is -2.37. The van der Waals surface area contributed by atoms with Gasteiger partial charge in [-0.2, -0.15) is 11.8 Å². The zero-order valence-corrected chi connectivity index (χ0v) is 14.4. The number of piperidine rings is 1. The largest absolute Gasteiger partial charge is 0.371 e. The van der Waals surface area contributed by atoms with Gasteiger partial charge in [-0.25, -0.2) is 4.79 Å². The van der Waals surface area contributed by atoms with E-state index in [1.807, 2.05) is 22.7 Å². The molecule has 1 aliphatic rings. The highest BCUT2D eigenvalue weighted by molar-refractivity contribution is 7.98. The highest BCUT2D eigenvalue weighted by Gasteiger charge is 2.25. The Balaban J connectivity index is 1.74. The number of para-hydroxylation sites is 1. The van der Waals surface area contributed by atoms with Crippen molar-refractivity contribution in [3.8, 4) is 0 Å². The summed E-state index contributed by atoms with van der Waals surface area (Å²) in [7, 11) is 2.15. The van der Waals surface area contributed by atoms with E-state index in [9.17, 15) is 4.79 Å². The second kappa shape index (κ2) is 8.93. The number of nitrogens with zero attached hydrogens (tertiary/aromatic N) is 2. The van der Waals surface area contributed by atoms with Crippen molar-refractivity contribution in [2.45, 2.75) is 25.3 Å². The number of carbonyl (C=O) groups excluding carboxylic acids is 1. The smallest absolute Gasteiger partial charge is 0.317 e. The molecule has 4 nitrogen and oxygen atoms in total.